The summed E-state index contributed by atoms with van der Waals surface area (Å²) < 4.78 is 4.65. The van der Waals surface area contributed by atoms with Crippen LogP contribution in [0.25, 0.3) is 0 Å². The van der Waals surface area contributed by atoms with E-state index in [1.807, 2.05) is 0 Å². The second-order valence-corrected chi connectivity index (χ2v) is 2.05. The van der Waals surface area contributed by atoms with Crippen LogP contribution in [0.15, 0.2) is 11.3 Å². The van der Waals surface area contributed by atoms with Crippen molar-refractivity contribution in [3.63, 3.8) is 0 Å². The second-order valence-electron chi connectivity index (χ2n) is 2.05. The minimum atomic E-state index is -0.255. The molecule has 3 heteroatoms. The Hall–Kier alpha value is -0.990. The van der Waals surface area contributed by atoms with Crippen LogP contribution in [0.5, 0.6) is 0 Å². The summed E-state index contributed by atoms with van der Waals surface area (Å²) >= 11 is 0. The Kier molecular flexibility index (Phi) is 1.42. The van der Waals surface area contributed by atoms with E-state index in [-0.39, 0.29) is 5.97 Å². The first-order chi connectivity index (χ1) is 4.22. The van der Waals surface area contributed by atoms with E-state index in [2.05, 4.69) is 4.74 Å². The van der Waals surface area contributed by atoms with Crippen molar-refractivity contribution >= 4 is 5.97 Å². The molecule has 50 valence electrons. The van der Waals surface area contributed by atoms with Gasteiger partial charge >= 0.3 is 5.97 Å². The van der Waals surface area contributed by atoms with Crippen molar-refractivity contribution < 1.29 is 9.53 Å². The molecule has 1 heterocycles. The molecule has 0 aromatic rings. The van der Waals surface area contributed by atoms with E-state index >= 15 is 0 Å². The highest BCUT2D eigenvalue weighted by molar-refractivity contribution is 5.90. The summed E-state index contributed by atoms with van der Waals surface area (Å²) in [4.78, 5) is 10.7. The largest absolute Gasteiger partial charge is 0.462 e. The van der Waals surface area contributed by atoms with E-state index in [9.17, 15) is 4.79 Å². The zero-order valence-electron chi connectivity index (χ0n) is 5.31. The van der Waals surface area contributed by atoms with Crippen LogP contribution < -0.4 is 5.73 Å². The summed E-state index contributed by atoms with van der Waals surface area (Å²) in [6.07, 6.45) is 0.668. The summed E-state index contributed by atoms with van der Waals surface area (Å²) in [5.41, 5.74) is 6.58. The Balaban J connectivity index is 2.83. The first-order valence-electron chi connectivity index (χ1n) is 2.84. The molecule has 1 fully saturated rings. The Labute approximate surface area is 53.5 Å². The van der Waals surface area contributed by atoms with E-state index in [1.165, 1.54) is 0 Å². The van der Waals surface area contributed by atoms with Gasteiger partial charge in [-0.25, -0.2) is 4.79 Å². The van der Waals surface area contributed by atoms with Crippen LogP contribution in [0.3, 0.4) is 0 Å². The third-order valence-electron chi connectivity index (χ3n) is 1.31. The maximum Gasteiger partial charge on any atom is 0.335 e. The van der Waals surface area contributed by atoms with E-state index in [1.54, 1.807) is 6.92 Å². The van der Waals surface area contributed by atoms with Gasteiger partial charge in [-0.3, -0.25) is 0 Å². The van der Waals surface area contributed by atoms with E-state index in [4.69, 9.17) is 5.73 Å². The number of carbonyl (C=O) groups excluding carboxylic acids is 1. The minimum Gasteiger partial charge on any atom is -0.462 e. The summed E-state index contributed by atoms with van der Waals surface area (Å²) in [7, 11) is 0. The molecule has 2 N–H and O–H groups in total. The number of nitrogens with two attached hydrogens (primary N) is 1. The van der Waals surface area contributed by atoms with Crippen molar-refractivity contribution in [2.75, 3.05) is 6.61 Å². The summed E-state index contributed by atoms with van der Waals surface area (Å²) in [5, 5.41) is 0. The van der Waals surface area contributed by atoms with Crippen LogP contribution in [0.2, 0.25) is 0 Å². The number of cyclic esters (lactones) is 1. The number of hydrogen-bond acceptors (Lipinski definition) is 3. The Bertz CT molecular complexity index is 168. The van der Waals surface area contributed by atoms with Gasteiger partial charge in [0.15, 0.2) is 0 Å². The van der Waals surface area contributed by atoms with Gasteiger partial charge in [0.25, 0.3) is 0 Å². The van der Waals surface area contributed by atoms with Gasteiger partial charge in [-0.05, 0) is 6.92 Å². The van der Waals surface area contributed by atoms with Crippen LogP contribution >= 0.6 is 0 Å². The highest BCUT2D eigenvalue weighted by atomic mass is 16.5. The molecule has 0 amide bonds. The van der Waals surface area contributed by atoms with Crippen molar-refractivity contribution in [2.24, 2.45) is 5.73 Å². The number of allylic oxidation sites excluding steroid dienone is 1. The molecular weight excluding hydrogens is 118 g/mol. The van der Waals surface area contributed by atoms with Crippen LogP contribution in [-0.2, 0) is 9.53 Å². The standard InChI is InChI=1S/C6H9NO2/c1-4(7)5-2-3-9-6(5)8/h2-3,7H2,1H3/b5-4-. The molecule has 0 bridgehead atoms. The van der Waals surface area contributed by atoms with Gasteiger partial charge in [0.1, 0.15) is 0 Å². The Morgan fingerprint density at radius 1 is 1.78 bits per heavy atom. The molecule has 0 aromatic carbocycles. The SMILES string of the molecule is C/C(N)=C1\CCOC1=O. The molecule has 3 nitrogen and oxygen atoms in total. The van der Waals surface area contributed by atoms with Gasteiger partial charge < -0.3 is 10.5 Å². The molecule has 0 aliphatic carbocycles. The highest BCUT2D eigenvalue weighted by Crippen LogP contribution is 2.14. The van der Waals surface area contributed by atoms with E-state index < -0.39 is 0 Å². The normalized spacial score (nSPS) is 23.9. The van der Waals surface area contributed by atoms with E-state index in [0.717, 1.165) is 0 Å². The molecule has 0 aromatic heterocycles. The topological polar surface area (TPSA) is 52.3 Å². The molecular formula is C6H9NO2. The molecule has 1 rings (SSSR count). The van der Waals surface area contributed by atoms with Gasteiger partial charge in [-0.1, -0.05) is 0 Å². The molecule has 1 aliphatic heterocycles. The van der Waals surface area contributed by atoms with Crippen molar-refractivity contribution in [3.8, 4) is 0 Å². The van der Waals surface area contributed by atoms with Crippen LogP contribution in [0.1, 0.15) is 13.3 Å². The average Bonchev–Trinajstić information content (AvgIpc) is 2.13. The third kappa shape index (κ3) is 1.04. The van der Waals surface area contributed by atoms with Gasteiger partial charge in [0, 0.05) is 12.1 Å². The molecule has 1 aliphatic rings. The number of carbonyl (C=O) groups is 1. The highest BCUT2D eigenvalue weighted by Gasteiger charge is 2.19. The van der Waals surface area contributed by atoms with Gasteiger partial charge in [-0.15, -0.1) is 0 Å². The predicted molar refractivity (Wildman–Crippen MR) is 32.5 cm³/mol. The quantitative estimate of drug-likeness (QED) is 0.372. The summed E-state index contributed by atoms with van der Waals surface area (Å²) in [6, 6.07) is 0. The molecule has 0 atom stereocenters. The lowest BCUT2D eigenvalue weighted by Crippen LogP contribution is -2.03. The second kappa shape index (κ2) is 2.09. The monoisotopic (exact) mass is 127 g/mol. The third-order valence-corrected chi connectivity index (χ3v) is 1.31. The fourth-order valence-corrected chi connectivity index (χ4v) is 0.793. The molecule has 1 saturated heterocycles. The molecule has 9 heavy (non-hydrogen) atoms. The van der Waals surface area contributed by atoms with Gasteiger partial charge in [0.2, 0.25) is 0 Å². The van der Waals surface area contributed by atoms with Gasteiger partial charge in [0.05, 0.1) is 12.2 Å². The lowest BCUT2D eigenvalue weighted by atomic mass is 10.2. The van der Waals surface area contributed by atoms with Crippen LogP contribution in [0.4, 0.5) is 0 Å². The van der Waals surface area contributed by atoms with E-state index in [0.29, 0.717) is 24.3 Å². The minimum absolute atomic E-state index is 0.255. The number of hydrogen-bond donors (Lipinski definition) is 1. The van der Waals surface area contributed by atoms with Crippen LogP contribution in [0, 0.1) is 0 Å². The fraction of sp³-hybridized carbons (Fsp3) is 0.500. The zero-order valence-corrected chi connectivity index (χ0v) is 5.31. The first-order valence-corrected chi connectivity index (χ1v) is 2.84. The zero-order chi connectivity index (χ0) is 6.85. The lowest BCUT2D eigenvalue weighted by molar-refractivity contribution is -0.135. The number of rotatable bonds is 0. The fourth-order valence-electron chi connectivity index (χ4n) is 0.793. The Morgan fingerprint density at radius 2 is 2.44 bits per heavy atom. The summed E-state index contributed by atoms with van der Waals surface area (Å²) in [5.74, 6) is -0.255. The number of ether oxygens (including phenoxy) is 1. The molecule has 0 saturated carbocycles. The predicted octanol–water partition coefficient (Wildman–Crippen LogP) is 0.166. The number of esters is 1. The molecule has 0 spiro atoms. The van der Waals surface area contributed by atoms with Gasteiger partial charge in [-0.2, -0.15) is 0 Å². The molecule has 0 unspecified atom stereocenters. The van der Waals surface area contributed by atoms with Crippen molar-refractivity contribution in [3.05, 3.63) is 11.3 Å². The summed E-state index contributed by atoms with van der Waals surface area (Å²) in [6.45, 7) is 2.20. The average molecular weight is 127 g/mol. The maximum absolute atomic E-state index is 10.7. The maximum atomic E-state index is 10.7. The van der Waals surface area contributed by atoms with Crippen molar-refractivity contribution in [2.45, 2.75) is 13.3 Å². The smallest absolute Gasteiger partial charge is 0.335 e. The van der Waals surface area contributed by atoms with Crippen molar-refractivity contribution in [1.82, 2.24) is 0 Å². The van der Waals surface area contributed by atoms with Crippen LogP contribution in [-0.4, -0.2) is 12.6 Å². The Morgan fingerprint density at radius 3 is 2.67 bits per heavy atom. The molecule has 0 radical (unpaired) electrons. The lowest BCUT2D eigenvalue weighted by Gasteiger charge is -1.92. The first kappa shape index (κ1) is 6.13. The van der Waals surface area contributed by atoms with Crippen molar-refractivity contribution in [1.29, 1.82) is 0 Å².